The van der Waals surface area contributed by atoms with Crippen LogP contribution in [0.1, 0.15) is 50.9 Å². The maximum Gasteiger partial charge on any atom is 0.277 e. The standard InChI is InChI=1S/C21H19N3O3/c25-20(22-13-14-6-2-1-3-7-14)16-8-4-5-9-17(16)23-21(26)18-12-19(27-24-18)15-10-11-15/h1-9,12,15H,10-11,13H2,(H,22,25)(H,23,26). The van der Waals surface area contributed by atoms with Crippen LogP contribution in [0.2, 0.25) is 0 Å². The number of aromatic nitrogens is 1. The second-order valence-electron chi connectivity index (χ2n) is 6.56. The van der Waals surface area contributed by atoms with E-state index in [9.17, 15) is 9.59 Å². The van der Waals surface area contributed by atoms with Crippen LogP contribution in [0.15, 0.2) is 65.2 Å². The summed E-state index contributed by atoms with van der Waals surface area (Å²) in [4.78, 5) is 25.0. The van der Waals surface area contributed by atoms with Gasteiger partial charge in [0.15, 0.2) is 5.69 Å². The summed E-state index contributed by atoms with van der Waals surface area (Å²) in [7, 11) is 0. The van der Waals surface area contributed by atoms with Gasteiger partial charge in [-0.05, 0) is 30.5 Å². The highest BCUT2D eigenvalue weighted by molar-refractivity contribution is 6.08. The van der Waals surface area contributed by atoms with E-state index in [1.165, 1.54) is 0 Å². The van der Waals surface area contributed by atoms with Gasteiger partial charge in [-0.2, -0.15) is 0 Å². The minimum atomic E-state index is -0.394. The molecule has 1 fully saturated rings. The van der Waals surface area contributed by atoms with E-state index in [0.29, 0.717) is 23.7 Å². The predicted molar refractivity (Wildman–Crippen MR) is 100 cm³/mol. The van der Waals surface area contributed by atoms with Gasteiger partial charge >= 0.3 is 0 Å². The zero-order chi connectivity index (χ0) is 18.6. The van der Waals surface area contributed by atoms with Crippen molar-refractivity contribution in [3.05, 3.63) is 83.2 Å². The van der Waals surface area contributed by atoms with E-state index in [2.05, 4.69) is 15.8 Å². The van der Waals surface area contributed by atoms with Crippen molar-refractivity contribution in [3.8, 4) is 0 Å². The Hall–Kier alpha value is -3.41. The van der Waals surface area contributed by atoms with Gasteiger partial charge in [0, 0.05) is 18.5 Å². The first-order valence-electron chi connectivity index (χ1n) is 8.90. The summed E-state index contributed by atoms with van der Waals surface area (Å²) in [6.45, 7) is 0.413. The van der Waals surface area contributed by atoms with Gasteiger partial charge in [0.1, 0.15) is 5.76 Å². The molecule has 136 valence electrons. The van der Waals surface area contributed by atoms with E-state index in [1.54, 1.807) is 30.3 Å². The second-order valence-corrected chi connectivity index (χ2v) is 6.56. The molecule has 1 aromatic heterocycles. The van der Waals surface area contributed by atoms with Crippen LogP contribution in [0.25, 0.3) is 0 Å². The van der Waals surface area contributed by atoms with Gasteiger partial charge in [-0.15, -0.1) is 0 Å². The first kappa shape index (κ1) is 17.0. The third-order valence-electron chi connectivity index (χ3n) is 4.46. The summed E-state index contributed by atoms with van der Waals surface area (Å²) >= 11 is 0. The number of para-hydroxylation sites is 1. The Morgan fingerprint density at radius 2 is 1.74 bits per heavy atom. The topological polar surface area (TPSA) is 84.2 Å². The molecule has 0 radical (unpaired) electrons. The van der Waals surface area contributed by atoms with E-state index in [1.807, 2.05) is 30.3 Å². The highest BCUT2D eigenvalue weighted by atomic mass is 16.5. The fraction of sp³-hybridized carbons (Fsp3) is 0.190. The van der Waals surface area contributed by atoms with E-state index < -0.39 is 5.91 Å². The maximum atomic E-state index is 12.6. The number of carbonyl (C=O) groups excluding carboxylic acids is 2. The summed E-state index contributed by atoms with van der Waals surface area (Å²) in [6.07, 6.45) is 2.14. The maximum absolute atomic E-state index is 12.6. The quantitative estimate of drug-likeness (QED) is 0.701. The monoisotopic (exact) mass is 361 g/mol. The number of hydrogen-bond donors (Lipinski definition) is 2. The fourth-order valence-corrected chi connectivity index (χ4v) is 2.81. The highest BCUT2D eigenvalue weighted by Gasteiger charge is 2.29. The summed E-state index contributed by atoms with van der Waals surface area (Å²) in [5.41, 5.74) is 2.05. The Bertz CT molecular complexity index is 962. The molecule has 1 heterocycles. The molecule has 6 nitrogen and oxygen atoms in total. The first-order chi connectivity index (χ1) is 13.2. The second kappa shape index (κ2) is 7.45. The van der Waals surface area contributed by atoms with Gasteiger partial charge < -0.3 is 15.2 Å². The summed E-state index contributed by atoms with van der Waals surface area (Å²) in [6, 6.07) is 18.2. The van der Waals surface area contributed by atoms with Crippen molar-refractivity contribution in [2.24, 2.45) is 0 Å². The lowest BCUT2D eigenvalue weighted by atomic mass is 10.1. The van der Waals surface area contributed by atoms with Crippen molar-refractivity contribution in [1.82, 2.24) is 10.5 Å². The van der Waals surface area contributed by atoms with Gasteiger partial charge in [0.2, 0.25) is 0 Å². The molecular weight excluding hydrogens is 342 g/mol. The van der Waals surface area contributed by atoms with Crippen molar-refractivity contribution in [2.75, 3.05) is 5.32 Å². The number of benzene rings is 2. The number of rotatable bonds is 6. The highest BCUT2D eigenvalue weighted by Crippen LogP contribution is 2.40. The average Bonchev–Trinajstić information content (AvgIpc) is 3.44. The van der Waals surface area contributed by atoms with Crippen LogP contribution in [0.4, 0.5) is 5.69 Å². The summed E-state index contributed by atoms with van der Waals surface area (Å²) in [5.74, 6) is 0.478. The molecule has 0 atom stereocenters. The van der Waals surface area contributed by atoms with Crippen LogP contribution in [-0.2, 0) is 6.54 Å². The van der Waals surface area contributed by atoms with Gasteiger partial charge in [-0.25, -0.2) is 0 Å². The molecule has 0 bridgehead atoms. The Labute approximate surface area is 156 Å². The van der Waals surface area contributed by atoms with Crippen molar-refractivity contribution < 1.29 is 14.1 Å². The molecule has 2 aromatic carbocycles. The number of nitrogens with one attached hydrogen (secondary N) is 2. The van der Waals surface area contributed by atoms with Crippen LogP contribution in [0.5, 0.6) is 0 Å². The molecule has 4 rings (SSSR count). The minimum Gasteiger partial charge on any atom is -0.360 e. The molecule has 2 amide bonds. The van der Waals surface area contributed by atoms with Gasteiger partial charge in [-0.3, -0.25) is 9.59 Å². The van der Waals surface area contributed by atoms with Crippen molar-refractivity contribution in [1.29, 1.82) is 0 Å². The van der Waals surface area contributed by atoms with E-state index in [-0.39, 0.29) is 11.6 Å². The number of hydrogen-bond acceptors (Lipinski definition) is 4. The molecule has 0 unspecified atom stereocenters. The molecule has 0 aliphatic heterocycles. The average molecular weight is 361 g/mol. The molecule has 27 heavy (non-hydrogen) atoms. The lowest BCUT2D eigenvalue weighted by molar-refractivity contribution is 0.0952. The number of anilines is 1. The van der Waals surface area contributed by atoms with Crippen molar-refractivity contribution in [2.45, 2.75) is 25.3 Å². The zero-order valence-corrected chi connectivity index (χ0v) is 14.6. The van der Waals surface area contributed by atoms with Crippen LogP contribution in [0, 0.1) is 0 Å². The number of nitrogens with zero attached hydrogens (tertiary/aromatic N) is 1. The van der Waals surface area contributed by atoms with E-state index in [0.717, 1.165) is 24.2 Å². The van der Waals surface area contributed by atoms with Crippen LogP contribution < -0.4 is 10.6 Å². The smallest absolute Gasteiger partial charge is 0.277 e. The Morgan fingerprint density at radius 3 is 2.52 bits per heavy atom. The van der Waals surface area contributed by atoms with Crippen molar-refractivity contribution >= 4 is 17.5 Å². The molecule has 0 spiro atoms. The zero-order valence-electron chi connectivity index (χ0n) is 14.6. The molecule has 3 aromatic rings. The van der Waals surface area contributed by atoms with Crippen LogP contribution in [0.3, 0.4) is 0 Å². The SMILES string of the molecule is O=C(Nc1ccccc1C(=O)NCc1ccccc1)c1cc(C2CC2)on1. The summed E-state index contributed by atoms with van der Waals surface area (Å²) in [5, 5.41) is 9.46. The number of carbonyl (C=O) groups is 2. The summed E-state index contributed by atoms with van der Waals surface area (Å²) < 4.78 is 5.22. The first-order valence-corrected chi connectivity index (χ1v) is 8.90. The molecule has 0 saturated heterocycles. The molecule has 6 heteroatoms. The van der Waals surface area contributed by atoms with Crippen LogP contribution in [-0.4, -0.2) is 17.0 Å². The van der Waals surface area contributed by atoms with Gasteiger partial charge in [-0.1, -0.05) is 47.6 Å². The lowest BCUT2D eigenvalue weighted by Gasteiger charge is -2.10. The molecule has 1 aliphatic carbocycles. The van der Waals surface area contributed by atoms with Gasteiger partial charge in [0.05, 0.1) is 11.3 Å². The molecule has 2 N–H and O–H groups in total. The Morgan fingerprint density at radius 1 is 1.00 bits per heavy atom. The predicted octanol–water partition coefficient (Wildman–Crippen LogP) is 3.73. The Balaban J connectivity index is 1.45. The van der Waals surface area contributed by atoms with Crippen molar-refractivity contribution in [3.63, 3.8) is 0 Å². The van der Waals surface area contributed by atoms with E-state index >= 15 is 0 Å². The third kappa shape index (κ3) is 4.06. The largest absolute Gasteiger partial charge is 0.360 e. The molecule has 1 saturated carbocycles. The Kier molecular flexibility index (Phi) is 4.70. The van der Waals surface area contributed by atoms with E-state index in [4.69, 9.17) is 4.52 Å². The fourth-order valence-electron chi connectivity index (χ4n) is 2.81. The van der Waals surface area contributed by atoms with Crippen LogP contribution >= 0.6 is 0 Å². The third-order valence-corrected chi connectivity index (χ3v) is 4.46. The minimum absolute atomic E-state index is 0.219. The molecule has 1 aliphatic rings. The normalized spacial score (nSPS) is 13.2. The van der Waals surface area contributed by atoms with Gasteiger partial charge in [0.25, 0.3) is 11.8 Å². The lowest BCUT2D eigenvalue weighted by Crippen LogP contribution is -2.24. The number of amides is 2. The molecular formula is C21H19N3O3.